The molecule has 0 radical (unpaired) electrons. The number of aromatic amines is 1. The first-order valence-electron chi connectivity index (χ1n) is 10.2. The molecule has 2 aromatic heterocycles. The van der Waals surface area contributed by atoms with Crippen molar-refractivity contribution in [2.24, 2.45) is 0 Å². The number of H-pyrrole nitrogens is 1. The first-order chi connectivity index (χ1) is 13.7. The van der Waals surface area contributed by atoms with Crippen molar-refractivity contribution in [1.29, 1.82) is 0 Å². The number of hydrogen-bond donors (Lipinski definition) is 2. The second kappa shape index (κ2) is 7.05. The lowest BCUT2D eigenvalue weighted by Crippen LogP contribution is -2.36. The van der Waals surface area contributed by atoms with Gasteiger partial charge in [0.1, 0.15) is 29.2 Å². The van der Waals surface area contributed by atoms with Gasteiger partial charge in [-0.3, -0.25) is 5.10 Å². The summed E-state index contributed by atoms with van der Waals surface area (Å²) in [4.78, 5) is 11.4. The quantitative estimate of drug-likeness (QED) is 0.726. The van der Waals surface area contributed by atoms with Crippen molar-refractivity contribution >= 4 is 16.7 Å². The van der Waals surface area contributed by atoms with Crippen LogP contribution in [-0.4, -0.2) is 51.9 Å². The van der Waals surface area contributed by atoms with E-state index in [-0.39, 0.29) is 5.60 Å². The zero-order chi connectivity index (χ0) is 19.0. The van der Waals surface area contributed by atoms with Crippen molar-refractivity contribution in [2.75, 3.05) is 31.1 Å². The molecule has 5 rings (SSSR count). The summed E-state index contributed by atoms with van der Waals surface area (Å²) in [6.07, 6.45) is 6.23. The Bertz CT molecular complexity index is 972. The Kier molecular flexibility index (Phi) is 4.39. The Balaban J connectivity index is 1.46. The van der Waals surface area contributed by atoms with E-state index in [1.807, 2.05) is 18.2 Å². The third-order valence-corrected chi connectivity index (χ3v) is 5.66. The fraction of sp³-hybridized carbons (Fsp3) is 0.476. The molecule has 0 amide bonds. The van der Waals surface area contributed by atoms with E-state index in [9.17, 15) is 0 Å². The molecule has 1 aromatic carbocycles. The van der Waals surface area contributed by atoms with Gasteiger partial charge < -0.3 is 15.0 Å². The molecular weight excluding hydrogens is 352 g/mol. The van der Waals surface area contributed by atoms with Crippen molar-refractivity contribution in [1.82, 2.24) is 25.5 Å². The Labute approximate surface area is 164 Å². The fourth-order valence-corrected chi connectivity index (χ4v) is 3.70. The van der Waals surface area contributed by atoms with Gasteiger partial charge in [0, 0.05) is 31.1 Å². The van der Waals surface area contributed by atoms with Crippen LogP contribution in [0, 0.1) is 0 Å². The van der Waals surface area contributed by atoms with Gasteiger partial charge in [0.15, 0.2) is 0 Å². The zero-order valence-electron chi connectivity index (χ0n) is 16.2. The van der Waals surface area contributed by atoms with E-state index >= 15 is 0 Å². The molecule has 7 heteroatoms. The van der Waals surface area contributed by atoms with Crippen molar-refractivity contribution in [3.05, 3.63) is 30.6 Å². The number of fused-ring (bicyclic) bond motifs is 1. The number of anilines is 1. The van der Waals surface area contributed by atoms with Crippen LogP contribution in [0.5, 0.6) is 5.75 Å². The lowest BCUT2D eigenvalue weighted by Gasteiger charge is -2.26. The molecule has 1 saturated carbocycles. The molecule has 0 unspecified atom stereocenters. The zero-order valence-corrected chi connectivity index (χ0v) is 16.2. The van der Waals surface area contributed by atoms with Crippen LogP contribution in [-0.2, 0) is 0 Å². The summed E-state index contributed by atoms with van der Waals surface area (Å²) in [5.41, 5.74) is 2.66. The summed E-state index contributed by atoms with van der Waals surface area (Å²) in [7, 11) is 0. The first kappa shape index (κ1) is 17.4. The number of aromatic nitrogens is 4. The number of nitrogens with one attached hydrogen (secondary N) is 2. The first-order valence-corrected chi connectivity index (χ1v) is 10.2. The smallest absolute Gasteiger partial charge is 0.132 e. The van der Waals surface area contributed by atoms with Gasteiger partial charge in [-0.25, -0.2) is 9.97 Å². The van der Waals surface area contributed by atoms with Gasteiger partial charge in [-0.2, -0.15) is 5.10 Å². The predicted molar refractivity (Wildman–Crippen MR) is 110 cm³/mol. The molecule has 0 atom stereocenters. The molecule has 0 bridgehead atoms. The van der Waals surface area contributed by atoms with Gasteiger partial charge in [-0.1, -0.05) is 0 Å². The highest BCUT2D eigenvalue weighted by Crippen LogP contribution is 2.40. The van der Waals surface area contributed by atoms with Crippen molar-refractivity contribution in [3.8, 4) is 17.1 Å². The molecule has 28 heavy (non-hydrogen) atoms. The summed E-state index contributed by atoms with van der Waals surface area (Å²) in [6.45, 7) is 6.21. The van der Waals surface area contributed by atoms with Crippen molar-refractivity contribution in [3.63, 3.8) is 0 Å². The molecule has 3 aromatic rings. The fourth-order valence-electron chi connectivity index (χ4n) is 3.70. The summed E-state index contributed by atoms with van der Waals surface area (Å²) < 4.78 is 6.14. The average molecular weight is 378 g/mol. The Morgan fingerprint density at radius 3 is 2.89 bits per heavy atom. The number of hydrogen-bond acceptors (Lipinski definition) is 6. The molecule has 2 N–H and O–H groups in total. The number of rotatable bonds is 4. The van der Waals surface area contributed by atoms with E-state index in [1.54, 1.807) is 6.33 Å². The van der Waals surface area contributed by atoms with Gasteiger partial charge in [0.05, 0.1) is 11.2 Å². The highest BCUT2D eigenvalue weighted by Gasteiger charge is 2.40. The summed E-state index contributed by atoms with van der Waals surface area (Å²) >= 11 is 0. The minimum atomic E-state index is -0.000810. The molecule has 3 heterocycles. The predicted octanol–water partition coefficient (Wildman–Crippen LogP) is 3.14. The minimum absolute atomic E-state index is 0.000810. The van der Waals surface area contributed by atoms with Crippen LogP contribution >= 0.6 is 0 Å². The largest absolute Gasteiger partial charge is 0.488 e. The second-order valence-corrected chi connectivity index (χ2v) is 8.04. The summed E-state index contributed by atoms with van der Waals surface area (Å²) in [6, 6.07) is 8.15. The maximum absolute atomic E-state index is 6.14. The molecule has 1 aliphatic carbocycles. The monoisotopic (exact) mass is 378 g/mol. The molecule has 146 valence electrons. The van der Waals surface area contributed by atoms with Crippen LogP contribution in [0.25, 0.3) is 22.3 Å². The Morgan fingerprint density at radius 2 is 2.00 bits per heavy atom. The van der Waals surface area contributed by atoms with Crippen LogP contribution < -0.4 is 15.0 Å². The van der Waals surface area contributed by atoms with Gasteiger partial charge in [-0.15, -0.1) is 0 Å². The molecular formula is C21H26N6O. The molecule has 1 saturated heterocycles. The third-order valence-electron chi connectivity index (χ3n) is 5.66. The van der Waals surface area contributed by atoms with E-state index in [2.05, 4.69) is 43.4 Å². The number of benzene rings is 1. The molecule has 0 spiro atoms. The third kappa shape index (κ3) is 3.54. The molecule has 2 aliphatic rings. The van der Waals surface area contributed by atoms with Crippen LogP contribution in [0.2, 0.25) is 0 Å². The topological polar surface area (TPSA) is 79.0 Å². The Hall–Kier alpha value is -2.67. The number of ether oxygens (including phenoxy) is 1. The summed E-state index contributed by atoms with van der Waals surface area (Å²) in [5.74, 6) is 1.85. The van der Waals surface area contributed by atoms with Gasteiger partial charge in [0.25, 0.3) is 0 Å². The summed E-state index contributed by atoms with van der Waals surface area (Å²) in [5, 5.41) is 12.2. The molecule has 7 nitrogen and oxygen atoms in total. The second-order valence-electron chi connectivity index (χ2n) is 8.04. The van der Waals surface area contributed by atoms with Crippen LogP contribution in [0.3, 0.4) is 0 Å². The standard InChI is InChI=1S/C21H26N6O/c1-21(6-7-21)28-15-4-5-17-16(12-15)20(26-25-17)18-13-19(24-14-23-18)27-10-3-2-8-22-9-11-27/h4-5,12-14,22H,2-3,6-11H2,1H3,(H,25,26). The van der Waals surface area contributed by atoms with E-state index in [4.69, 9.17) is 4.74 Å². The van der Waals surface area contributed by atoms with E-state index < -0.39 is 0 Å². The maximum atomic E-state index is 6.14. The minimum Gasteiger partial charge on any atom is -0.488 e. The van der Waals surface area contributed by atoms with E-state index in [0.717, 1.165) is 79.3 Å². The van der Waals surface area contributed by atoms with Crippen LogP contribution in [0.15, 0.2) is 30.6 Å². The van der Waals surface area contributed by atoms with Crippen LogP contribution in [0.4, 0.5) is 5.82 Å². The normalized spacial score (nSPS) is 19.2. The lowest BCUT2D eigenvalue weighted by molar-refractivity contribution is 0.200. The highest BCUT2D eigenvalue weighted by molar-refractivity contribution is 5.93. The van der Waals surface area contributed by atoms with E-state index in [1.165, 1.54) is 6.42 Å². The molecule has 1 aliphatic heterocycles. The highest BCUT2D eigenvalue weighted by atomic mass is 16.5. The van der Waals surface area contributed by atoms with Gasteiger partial charge >= 0.3 is 0 Å². The van der Waals surface area contributed by atoms with Crippen LogP contribution in [0.1, 0.15) is 32.6 Å². The van der Waals surface area contributed by atoms with E-state index in [0.29, 0.717) is 0 Å². The number of nitrogens with zero attached hydrogens (tertiary/aromatic N) is 4. The average Bonchev–Trinajstić information content (AvgIpc) is 3.24. The van der Waals surface area contributed by atoms with Crippen molar-refractivity contribution < 1.29 is 4.74 Å². The maximum Gasteiger partial charge on any atom is 0.132 e. The van der Waals surface area contributed by atoms with Gasteiger partial charge in [-0.05, 0) is 57.4 Å². The van der Waals surface area contributed by atoms with Crippen molar-refractivity contribution in [2.45, 2.75) is 38.2 Å². The Morgan fingerprint density at radius 1 is 1.07 bits per heavy atom. The SMILES string of the molecule is CC1(Oc2ccc3[nH]nc(-c4cc(N5CCCCNCC5)ncn4)c3c2)CC1. The molecule has 2 fully saturated rings. The van der Waals surface area contributed by atoms with Gasteiger partial charge in [0.2, 0.25) is 0 Å². The lowest BCUT2D eigenvalue weighted by atomic mass is 10.1.